The molecule has 1 aromatic heterocycles. The number of anilines is 1. The molecule has 0 aliphatic carbocycles. The summed E-state index contributed by atoms with van der Waals surface area (Å²) >= 11 is 0. The Morgan fingerprint density at radius 2 is 1.87 bits per heavy atom. The summed E-state index contributed by atoms with van der Waals surface area (Å²) in [6.07, 6.45) is 3.65. The second-order valence-corrected chi connectivity index (χ2v) is 6.02. The number of rotatable bonds is 6. The van der Waals surface area contributed by atoms with Crippen molar-refractivity contribution in [2.24, 2.45) is 0 Å². The maximum atomic E-state index is 5.40. The molecule has 0 fully saturated rings. The number of nitrogens with zero attached hydrogens (tertiary/aromatic N) is 1. The van der Waals surface area contributed by atoms with Gasteiger partial charge >= 0.3 is 0 Å². The van der Waals surface area contributed by atoms with Crippen molar-refractivity contribution >= 4 is 27.5 Å². The fourth-order valence-corrected chi connectivity index (χ4v) is 2.94. The standard InChI is InChI=1S/C20H24N2O/c1-4-5-6-11-21-20-16-9-7-14(2)12-19(16)22-18-10-8-15(23-3)13-17(18)20/h7-10,12-13H,4-6,11H2,1-3H3,(H,21,22). The lowest BCUT2D eigenvalue weighted by Crippen LogP contribution is -2.03. The van der Waals surface area contributed by atoms with Crippen molar-refractivity contribution < 1.29 is 4.74 Å². The van der Waals surface area contributed by atoms with Gasteiger partial charge in [0.2, 0.25) is 0 Å². The quantitative estimate of drug-likeness (QED) is 0.495. The fraction of sp³-hybridized carbons (Fsp3) is 0.350. The third kappa shape index (κ3) is 3.24. The van der Waals surface area contributed by atoms with Gasteiger partial charge in [0.15, 0.2) is 0 Å². The molecule has 0 unspecified atom stereocenters. The van der Waals surface area contributed by atoms with Crippen LogP contribution in [0.4, 0.5) is 5.69 Å². The molecular weight excluding hydrogens is 284 g/mol. The normalized spacial score (nSPS) is 11.1. The Balaban J connectivity index is 2.14. The largest absolute Gasteiger partial charge is 0.497 e. The van der Waals surface area contributed by atoms with Gasteiger partial charge in [-0.1, -0.05) is 31.9 Å². The van der Waals surface area contributed by atoms with E-state index < -0.39 is 0 Å². The molecule has 1 N–H and O–H groups in total. The lowest BCUT2D eigenvalue weighted by Gasteiger charge is -2.14. The number of hydrogen-bond acceptors (Lipinski definition) is 3. The van der Waals surface area contributed by atoms with Crippen LogP contribution < -0.4 is 10.1 Å². The van der Waals surface area contributed by atoms with Crippen molar-refractivity contribution in [3.05, 3.63) is 42.0 Å². The van der Waals surface area contributed by atoms with Gasteiger partial charge in [-0.3, -0.25) is 0 Å². The van der Waals surface area contributed by atoms with Crippen LogP contribution in [0.2, 0.25) is 0 Å². The molecule has 0 bridgehead atoms. The zero-order valence-electron chi connectivity index (χ0n) is 14.1. The number of fused-ring (bicyclic) bond motifs is 2. The van der Waals surface area contributed by atoms with E-state index in [9.17, 15) is 0 Å². The first-order chi connectivity index (χ1) is 11.2. The van der Waals surface area contributed by atoms with Crippen LogP contribution in [-0.2, 0) is 0 Å². The summed E-state index contributed by atoms with van der Waals surface area (Å²) in [7, 11) is 1.70. The Hall–Kier alpha value is -2.29. The lowest BCUT2D eigenvalue weighted by atomic mass is 10.1. The van der Waals surface area contributed by atoms with E-state index in [0.29, 0.717) is 0 Å². The van der Waals surface area contributed by atoms with Crippen LogP contribution in [-0.4, -0.2) is 18.6 Å². The lowest BCUT2D eigenvalue weighted by molar-refractivity contribution is 0.415. The maximum absolute atomic E-state index is 5.40. The number of unbranched alkanes of at least 4 members (excludes halogenated alkanes) is 2. The highest BCUT2D eigenvalue weighted by atomic mass is 16.5. The third-order valence-corrected chi connectivity index (χ3v) is 4.22. The molecule has 3 aromatic rings. The first kappa shape index (κ1) is 15.6. The first-order valence-electron chi connectivity index (χ1n) is 8.35. The predicted molar refractivity (Wildman–Crippen MR) is 98.6 cm³/mol. The molecule has 0 amide bonds. The summed E-state index contributed by atoms with van der Waals surface area (Å²) in [4.78, 5) is 4.82. The van der Waals surface area contributed by atoms with Gasteiger partial charge in [0.1, 0.15) is 5.75 Å². The molecule has 1 heterocycles. The number of methoxy groups -OCH3 is 1. The van der Waals surface area contributed by atoms with E-state index in [0.717, 1.165) is 28.7 Å². The number of benzene rings is 2. The molecule has 2 aromatic carbocycles. The molecule has 0 saturated carbocycles. The Labute approximate surface area is 137 Å². The number of aryl methyl sites for hydroxylation is 1. The van der Waals surface area contributed by atoms with Gasteiger partial charge in [0.05, 0.1) is 23.8 Å². The molecule has 0 saturated heterocycles. The van der Waals surface area contributed by atoms with Crippen LogP contribution in [0.5, 0.6) is 5.75 Å². The van der Waals surface area contributed by atoms with Gasteiger partial charge < -0.3 is 10.1 Å². The highest BCUT2D eigenvalue weighted by Gasteiger charge is 2.10. The van der Waals surface area contributed by atoms with Gasteiger partial charge in [-0.2, -0.15) is 0 Å². The van der Waals surface area contributed by atoms with Crippen LogP contribution in [0.3, 0.4) is 0 Å². The van der Waals surface area contributed by atoms with E-state index in [1.165, 1.54) is 35.9 Å². The van der Waals surface area contributed by atoms with Crippen molar-refractivity contribution in [1.29, 1.82) is 0 Å². The van der Waals surface area contributed by atoms with Crippen molar-refractivity contribution in [1.82, 2.24) is 4.98 Å². The molecule has 0 atom stereocenters. The van der Waals surface area contributed by atoms with Crippen molar-refractivity contribution in [2.45, 2.75) is 33.1 Å². The molecule has 0 spiro atoms. The zero-order chi connectivity index (χ0) is 16.2. The highest BCUT2D eigenvalue weighted by molar-refractivity contribution is 6.07. The van der Waals surface area contributed by atoms with E-state index in [4.69, 9.17) is 9.72 Å². The van der Waals surface area contributed by atoms with Crippen molar-refractivity contribution in [3.8, 4) is 5.75 Å². The minimum atomic E-state index is 0.863. The number of pyridine rings is 1. The topological polar surface area (TPSA) is 34.2 Å². The molecule has 120 valence electrons. The first-order valence-corrected chi connectivity index (χ1v) is 8.35. The number of nitrogens with one attached hydrogen (secondary N) is 1. The Morgan fingerprint density at radius 1 is 1.00 bits per heavy atom. The maximum Gasteiger partial charge on any atom is 0.119 e. The average Bonchev–Trinajstić information content (AvgIpc) is 2.57. The van der Waals surface area contributed by atoms with Crippen molar-refractivity contribution in [3.63, 3.8) is 0 Å². The van der Waals surface area contributed by atoms with Crippen LogP contribution in [0.1, 0.15) is 31.7 Å². The van der Waals surface area contributed by atoms with E-state index in [1.807, 2.05) is 12.1 Å². The molecule has 0 aliphatic rings. The van der Waals surface area contributed by atoms with E-state index in [-0.39, 0.29) is 0 Å². The third-order valence-electron chi connectivity index (χ3n) is 4.22. The number of aromatic nitrogens is 1. The minimum absolute atomic E-state index is 0.863. The summed E-state index contributed by atoms with van der Waals surface area (Å²) < 4.78 is 5.40. The summed E-state index contributed by atoms with van der Waals surface area (Å²) in [5, 5.41) is 5.94. The Morgan fingerprint density at radius 3 is 2.65 bits per heavy atom. The molecule has 0 radical (unpaired) electrons. The van der Waals surface area contributed by atoms with Gasteiger partial charge in [-0.05, 0) is 43.2 Å². The highest BCUT2D eigenvalue weighted by Crippen LogP contribution is 2.33. The number of ether oxygens (including phenoxy) is 1. The Bertz CT molecular complexity index is 827. The van der Waals surface area contributed by atoms with Crippen LogP contribution in [0, 0.1) is 6.92 Å². The molecule has 3 heteroatoms. The van der Waals surface area contributed by atoms with Gasteiger partial charge in [0, 0.05) is 17.3 Å². The van der Waals surface area contributed by atoms with Crippen LogP contribution in [0.15, 0.2) is 36.4 Å². The monoisotopic (exact) mass is 308 g/mol. The SMILES string of the molecule is CCCCCNc1c2ccc(C)cc2nc2ccc(OC)cc12. The van der Waals surface area contributed by atoms with Crippen molar-refractivity contribution in [2.75, 3.05) is 19.0 Å². The minimum Gasteiger partial charge on any atom is -0.497 e. The molecule has 23 heavy (non-hydrogen) atoms. The second kappa shape index (κ2) is 6.86. The van der Waals surface area contributed by atoms with Crippen LogP contribution in [0.25, 0.3) is 21.8 Å². The summed E-state index contributed by atoms with van der Waals surface area (Å²) in [6.45, 7) is 5.31. The van der Waals surface area contributed by atoms with E-state index in [1.54, 1.807) is 7.11 Å². The van der Waals surface area contributed by atoms with Gasteiger partial charge in [-0.25, -0.2) is 4.98 Å². The Kier molecular flexibility index (Phi) is 4.65. The summed E-state index contributed by atoms with van der Waals surface area (Å²) in [5.74, 6) is 0.863. The fourth-order valence-electron chi connectivity index (χ4n) is 2.94. The second-order valence-electron chi connectivity index (χ2n) is 6.02. The van der Waals surface area contributed by atoms with E-state index >= 15 is 0 Å². The van der Waals surface area contributed by atoms with E-state index in [2.05, 4.69) is 43.4 Å². The van der Waals surface area contributed by atoms with Crippen LogP contribution >= 0.6 is 0 Å². The number of hydrogen-bond donors (Lipinski definition) is 1. The molecule has 3 nitrogen and oxygen atoms in total. The predicted octanol–water partition coefficient (Wildman–Crippen LogP) is 5.31. The smallest absolute Gasteiger partial charge is 0.119 e. The van der Waals surface area contributed by atoms with Gasteiger partial charge in [-0.15, -0.1) is 0 Å². The average molecular weight is 308 g/mol. The molecular formula is C20H24N2O. The summed E-state index contributed by atoms with van der Waals surface area (Å²) in [5.41, 5.74) is 4.44. The summed E-state index contributed by atoms with van der Waals surface area (Å²) in [6, 6.07) is 12.5. The molecule has 3 rings (SSSR count). The zero-order valence-corrected chi connectivity index (χ0v) is 14.1. The molecule has 0 aliphatic heterocycles. The van der Waals surface area contributed by atoms with Gasteiger partial charge in [0.25, 0.3) is 0 Å².